The summed E-state index contributed by atoms with van der Waals surface area (Å²) in [5, 5.41) is 6.56. The Hall–Kier alpha value is -1.82. The van der Waals surface area contributed by atoms with Gasteiger partial charge in [-0.1, -0.05) is 15.9 Å². The van der Waals surface area contributed by atoms with Gasteiger partial charge in [-0.3, -0.25) is 9.89 Å². The monoisotopic (exact) mass is 308 g/mol. The number of benzene rings is 1. The van der Waals surface area contributed by atoms with Crippen molar-refractivity contribution in [2.75, 3.05) is 12.8 Å². The predicted octanol–water partition coefficient (Wildman–Crippen LogP) is 2.03. The molecule has 2 aromatic rings. The number of carbonyl (C=O) groups is 1. The number of nitrogens with one attached hydrogen (secondary N) is 1. The van der Waals surface area contributed by atoms with E-state index < -0.39 is 0 Å². The number of H-pyrrole nitrogens is 1. The number of nitrogens with two attached hydrogens (primary N) is 1. The highest BCUT2D eigenvalue weighted by molar-refractivity contribution is 9.10. The highest BCUT2D eigenvalue weighted by atomic mass is 79.9. The molecule has 1 amide bonds. The highest BCUT2D eigenvalue weighted by Gasteiger charge is 2.13. The maximum Gasteiger partial charge on any atom is 0.254 e. The van der Waals surface area contributed by atoms with Gasteiger partial charge in [0.1, 0.15) is 0 Å². The van der Waals surface area contributed by atoms with Crippen LogP contribution in [-0.2, 0) is 6.54 Å². The first-order valence-corrected chi connectivity index (χ1v) is 6.15. The zero-order valence-corrected chi connectivity index (χ0v) is 11.4. The van der Waals surface area contributed by atoms with Crippen molar-refractivity contribution in [3.63, 3.8) is 0 Å². The molecular formula is C12H13BrN4O. The van der Waals surface area contributed by atoms with E-state index in [1.54, 1.807) is 42.5 Å². The third-order valence-corrected chi connectivity index (χ3v) is 2.95. The van der Waals surface area contributed by atoms with Gasteiger partial charge >= 0.3 is 0 Å². The van der Waals surface area contributed by atoms with E-state index in [9.17, 15) is 4.79 Å². The molecule has 0 atom stereocenters. The van der Waals surface area contributed by atoms with Crippen LogP contribution in [0.5, 0.6) is 0 Å². The molecule has 1 aromatic heterocycles. The van der Waals surface area contributed by atoms with Gasteiger partial charge in [0.2, 0.25) is 0 Å². The summed E-state index contributed by atoms with van der Waals surface area (Å²) in [7, 11) is 1.74. The van der Waals surface area contributed by atoms with Crippen LogP contribution in [-0.4, -0.2) is 28.1 Å². The van der Waals surface area contributed by atoms with Crippen molar-refractivity contribution in [1.29, 1.82) is 0 Å². The van der Waals surface area contributed by atoms with E-state index in [2.05, 4.69) is 26.1 Å². The minimum Gasteiger partial charge on any atom is -0.399 e. The van der Waals surface area contributed by atoms with Crippen LogP contribution >= 0.6 is 15.9 Å². The van der Waals surface area contributed by atoms with Crippen LogP contribution in [0, 0.1) is 0 Å². The second kappa shape index (κ2) is 5.22. The quantitative estimate of drug-likeness (QED) is 0.852. The fourth-order valence-corrected chi connectivity index (χ4v) is 2.18. The second-order valence-corrected chi connectivity index (χ2v) is 4.96. The topological polar surface area (TPSA) is 75.0 Å². The van der Waals surface area contributed by atoms with Crippen molar-refractivity contribution in [3.05, 3.63) is 46.2 Å². The number of aromatic nitrogens is 2. The largest absolute Gasteiger partial charge is 0.399 e. The van der Waals surface area contributed by atoms with Crippen LogP contribution in [0.2, 0.25) is 0 Å². The van der Waals surface area contributed by atoms with Crippen LogP contribution in [0.1, 0.15) is 15.9 Å². The van der Waals surface area contributed by atoms with Gasteiger partial charge in [-0.05, 0) is 18.2 Å². The number of carbonyl (C=O) groups excluding carboxylic acids is 1. The van der Waals surface area contributed by atoms with Gasteiger partial charge in [0.25, 0.3) is 5.91 Å². The summed E-state index contributed by atoms with van der Waals surface area (Å²) < 4.78 is 0.794. The Bertz CT molecular complexity index is 533. The fourth-order valence-electron chi connectivity index (χ4n) is 1.67. The zero-order valence-electron chi connectivity index (χ0n) is 9.85. The van der Waals surface area contributed by atoms with E-state index in [1.165, 1.54) is 0 Å². The molecule has 5 nitrogen and oxygen atoms in total. The average Bonchev–Trinajstić information content (AvgIpc) is 2.79. The normalized spacial score (nSPS) is 10.3. The molecule has 3 N–H and O–H groups in total. The third-order valence-electron chi connectivity index (χ3n) is 2.49. The van der Waals surface area contributed by atoms with E-state index in [0.29, 0.717) is 17.8 Å². The number of hydrogen-bond acceptors (Lipinski definition) is 3. The van der Waals surface area contributed by atoms with E-state index in [4.69, 9.17) is 5.73 Å². The van der Waals surface area contributed by atoms with Crippen molar-refractivity contribution >= 4 is 27.5 Å². The smallest absolute Gasteiger partial charge is 0.254 e. The molecule has 94 valence electrons. The second-order valence-electron chi connectivity index (χ2n) is 4.04. The first-order chi connectivity index (χ1) is 8.56. The van der Waals surface area contributed by atoms with Crippen molar-refractivity contribution in [2.45, 2.75) is 6.54 Å². The van der Waals surface area contributed by atoms with Crippen LogP contribution < -0.4 is 5.73 Å². The van der Waals surface area contributed by atoms with Gasteiger partial charge in [-0.15, -0.1) is 0 Å². The van der Waals surface area contributed by atoms with Crippen LogP contribution in [0.25, 0.3) is 0 Å². The molecule has 1 heterocycles. The molecule has 2 rings (SSSR count). The highest BCUT2D eigenvalue weighted by Crippen LogP contribution is 2.18. The van der Waals surface area contributed by atoms with Crippen LogP contribution in [0.15, 0.2) is 35.1 Å². The van der Waals surface area contributed by atoms with Gasteiger partial charge in [-0.25, -0.2) is 0 Å². The summed E-state index contributed by atoms with van der Waals surface area (Å²) in [5.74, 6) is -0.0794. The molecule has 0 bridgehead atoms. The molecule has 0 unspecified atom stereocenters. The first kappa shape index (κ1) is 12.6. The Kier molecular flexibility index (Phi) is 3.66. The first-order valence-electron chi connectivity index (χ1n) is 5.35. The van der Waals surface area contributed by atoms with Gasteiger partial charge < -0.3 is 10.6 Å². The number of hydrogen-bond donors (Lipinski definition) is 2. The standard InChI is InChI=1S/C12H13BrN4O/c1-17(7-8-5-15-16-6-8)12(18)9-2-10(13)4-11(14)3-9/h2-6H,7,14H2,1H3,(H,15,16). The van der Waals surface area contributed by atoms with Crippen molar-refractivity contribution < 1.29 is 4.79 Å². The molecule has 1 aromatic carbocycles. The van der Waals surface area contributed by atoms with Gasteiger partial charge in [-0.2, -0.15) is 5.10 Å². The molecular weight excluding hydrogens is 296 g/mol. The molecule has 0 fully saturated rings. The van der Waals surface area contributed by atoms with Crippen LogP contribution in [0.4, 0.5) is 5.69 Å². The molecule has 0 aliphatic heterocycles. The van der Waals surface area contributed by atoms with E-state index in [1.807, 2.05) is 0 Å². The maximum atomic E-state index is 12.2. The number of nitrogen functional groups attached to an aromatic ring is 1. The summed E-state index contributed by atoms with van der Waals surface area (Å²) in [6.45, 7) is 0.502. The number of halogens is 1. The lowest BCUT2D eigenvalue weighted by atomic mass is 10.1. The summed E-state index contributed by atoms with van der Waals surface area (Å²) in [4.78, 5) is 13.8. The number of rotatable bonds is 3. The number of anilines is 1. The fraction of sp³-hybridized carbons (Fsp3) is 0.167. The molecule has 0 spiro atoms. The van der Waals surface area contributed by atoms with Gasteiger partial charge in [0.15, 0.2) is 0 Å². The molecule has 0 aliphatic carbocycles. The van der Waals surface area contributed by atoms with Crippen molar-refractivity contribution in [3.8, 4) is 0 Å². The van der Waals surface area contributed by atoms with Crippen molar-refractivity contribution in [1.82, 2.24) is 15.1 Å². The molecule has 6 heteroatoms. The van der Waals surface area contributed by atoms with Gasteiger partial charge in [0, 0.05) is 41.1 Å². The summed E-state index contributed by atoms with van der Waals surface area (Å²) in [6, 6.07) is 5.18. The number of aromatic amines is 1. The Balaban J connectivity index is 2.15. The Morgan fingerprint density at radius 2 is 2.28 bits per heavy atom. The Morgan fingerprint density at radius 3 is 2.89 bits per heavy atom. The molecule has 0 aliphatic rings. The number of amides is 1. The molecule has 0 radical (unpaired) electrons. The Labute approximate surface area is 113 Å². The maximum absolute atomic E-state index is 12.2. The third kappa shape index (κ3) is 2.89. The zero-order chi connectivity index (χ0) is 13.1. The lowest BCUT2D eigenvalue weighted by Gasteiger charge is -2.16. The summed E-state index contributed by atoms with van der Waals surface area (Å²) in [5.41, 5.74) is 7.79. The SMILES string of the molecule is CN(Cc1cn[nH]c1)C(=O)c1cc(N)cc(Br)c1. The lowest BCUT2D eigenvalue weighted by molar-refractivity contribution is 0.0785. The minimum atomic E-state index is -0.0794. The number of nitrogens with zero attached hydrogens (tertiary/aromatic N) is 2. The van der Waals surface area contributed by atoms with E-state index >= 15 is 0 Å². The van der Waals surface area contributed by atoms with Crippen LogP contribution in [0.3, 0.4) is 0 Å². The lowest BCUT2D eigenvalue weighted by Crippen LogP contribution is -2.26. The summed E-state index contributed by atoms with van der Waals surface area (Å²) in [6.07, 6.45) is 3.46. The average molecular weight is 309 g/mol. The predicted molar refractivity (Wildman–Crippen MR) is 72.9 cm³/mol. The molecule has 0 saturated carbocycles. The summed E-state index contributed by atoms with van der Waals surface area (Å²) >= 11 is 3.33. The molecule has 18 heavy (non-hydrogen) atoms. The van der Waals surface area contributed by atoms with E-state index in [-0.39, 0.29) is 5.91 Å². The Morgan fingerprint density at radius 1 is 1.50 bits per heavy atom. The van der Waals surface area contributed by atoms with E-state index in [0.717, 1.165) is 10.0 Å². The molecule has 0 saturated heterocycles. The van der Waals surface area contributed by atoms with Crippen molar-refractivity contribution in [2.24, 2.45) is 0 Å². The minimum absolute atomic E-state index is 0.0794. The van der Waals surface area contributed by atoms with Gasteiger partial charge in [0.05, 0.1) is 6.20 Å².